The number of halogens is 4. The van der Waals surface area contributed by atoms with E-state index in [1.54, 1.807) is 0 Å². The number of sulfone groups is 1. The third-order valence-corrected chi connectivity index (χ3v) is 6.42. The second kappa shape index (κ2) is 6.83. The van der Waals surface area contributed by atoms with E-state index < -0.39 is 39.2 Å². The summed E-state index contributed by atoms with van der Waals surface area (Å²) in [5.74, 6) is -1.28. The Balaban J connectivity index is 2.00. The van der Waals surface area contributed by atoms with Crippen LogP contribution in [-0.2, 0) is 16.0 Å². The van der Waals surface area contributed by atoms with Crippen molar-refractivity contribution in [1.29, 1.82) is 0 Å². The molecule has 0 spiro atoms. The summed E-state index contributed by atoms with van der Waals surface area (Å²) in [6.07, 6.45) is -3.80. The quantitative estimate of drug-likeness (QED) is 0.764. The molecule has 146 valence electrons. The van der Waals surface area contributed by atoms with Crippen LogP contribution < -0.4 is 0 Å². The molecule has 0 unspecified atom stereocenters. The third-order valence-electron chi connectivity index (χ3n) is 4.42. The second-order valence-corrected chi connectivity index (χ2v) is 8.93. The number of alkyl halides is 3. The molecular formula is C16H15ClF3N3O3S. The summed E-state index contributed by atoms with van der Waals surface area (Å²) in [4.78, 5) is 13.7. The van der Waals surface area contributed by atoms with Gasteiger partial charge in [0.05, 0.1) is 29.0 Å². The molecule has 6 nitrogen and oxygen atoms in total. The lowest BCUT2D eigenvalue weighted by molar-refractivity contribution is -0.143. The van der Waals surface area contributed by atoms with Gasteiger partial charge in [0.2, 0.25) is 0 Å². The normalized spacial score (nSPS) is 19.2. The first-order valence-electron chi connectivity index (χ1n) is 7.88. The molecule has 1 aliphatic heterocycles. The molecule has 0 bridgehead atoms. The standard InChI is InChI=1S/C16H15ClF3N3O3S/c1-22(12-6-7-27(25,26)9-12)15(24)13-8-21-23(14(13)16(18,19)20)11-4-2-10(17)3-5-11/h2-5,8,12H,6-7,9H2,1H3/t12-/m1/s1. The van der Waals surface area contributed by atoms with E-state index >= 15 is 0 Å². The zero-order valence-corrected chi connectivity index (χ0v) is 15.6. The summed E-state index contributed by atoms with van der Waals surface area (Å²) in [5.41, 5.74) is -1.76. The van der Waals surface area contributed by atoms with Gasteiger partial charge in [-0.2, -0.15) is 18.3 Å². The highest BCUT2D eigenvalue weighted by atomic mass is 35.5. The molecule has 2 aromatic rings. The predicted molar refractivity (Wildman–Crippen MR) is 92.7 cm³/mol. The zero-order chi connectivity index (χ0) is 20.0. The van der Waals surface area contributed by atoms with Crippen molar-refractivity contribution >= 4 is 27.3 Å². The fourth-order valence-corrected chi connectivity index (χ4v) is 4.89. The first-order chi connectivity index (χ1) is 12.5. The van der Waals surface area contributed by atoms with Crippen LogP contribution in [0.2, 0.25) is 5.02 Å². The summed E-state index contributed by atoms with van der Waals surface area (Å²) in [6.45, 7) is 0. The Morgan fingerprint density at radius 1 is 1.30 bits per heavy atom. The van der Waals surface area contributed by atoms with Gasteiger partial charge in [0.25, 0.3) is 5.91 Å². The van der Waals surface area contributed by atoms with Crippen molar-refractivity contribution in [1.82, 2.24) is 14.7 Å². The molecule has 2 heterocycles. The maximum atomic E-state index is 13.7. The monoisotopic (exact) mass is 421 g/mol. The summed E-state index contributed by atoms with van der Waals surface area (Å²) < 4.78 is 64.9. The highest BCUT2D eigenvalue weighted by molar-refractivity contribution is 7.91. The van der Waals surface area contributed by atoms with Crippen molar-refractivity contribution in [2.45, 2.75) is 18.6 Å². The first kappa shape index (κ1) is 19.7. The lowest BCUT2D eigenvalue weighted by Gasteiger charge is -2.23. The van der Waals surface area contributed by atoms with Gasteiger partial charge in [-0.1, -0.05) is 11.6 Å². The minimum Gasteiger partial charge on any atom is -0.338 e. The largest absolute Gasteiger partial charge is 0.434 e. The Hall–Kier alpha value is -2.07. The first-order valence-corrected chi connectivity index (χ1v) is 10.1. The number of amides is 1. The SMILES string of the molecule is CN(C(=O)c1cnn(-c2ccc(Cl)cc2)c1C(F)(F)F)[C@@H]1CCS(=O)(=O)C1. The van der Waals surface area contributed by atoms with Crippen molar-refractivity contribution < 1.29 is 26.4 Å². The lowest BCUT2D eigenvalue weighted by atomic mass is 10.1. The van der Waals surface area contributed by atoms with Gasteiger partial charge in [0.1, 0.15) is 0 Å². The number of benzene rings is 1. The van der Waals surface area contributed by atoms with Crippen molar-refractivity contribution in [3.8, 4) is 5.69 Å². The number of rotatable bonds is 3. The van der Waals surface area contributed by atoms with Crippen LogP contribution in [0.25, 0.3) is 5.69 Å². The second-order valence-electron chi connectivity index (χ2n) is 6.27. The molecule has 1 atom stereocenters. The van der Waals surface area contributed by atoms with Gasteiger partial charge in [-0.3, -0.25) is 4.79 Å². The number of nitrogens with zero attached hydrogens (tertiary/aromatic N) is 3. The molecule has 0 N–H and O–H groups in total. The smallest absolute Gasteiger partial charge is 0.338 e. The third kappa shape index (κ3) is 3.96. The minimum atomic E-state index is -4.84. The Kier molecular flexibility index (Phi) is 4.98. The van der Waals surface area contributed by atoms with Crippen LogP contribution in [0.3, 0.4) is 0 Å². The highest BCUT2D eigenvalue weighted by Gasteiger charge is 2.42. The molecular weight excluding hydrogens is 407 g/mol. The maximum Gasteiger partial charge on any atom is 0.434 e. The molecule has 1 amide bonds. The van der Waals surface area contributed by atoms with Crippen LogP contribution in [0.5, 0.6) is 0 Å². The van der Waals surface area contributed by atoms with E-state index in [1.807, 2.05) is 0 Å². The van der Waals surface area contributed by atoms with Crippen LogP contribution >= 0.6 is 11.6 Å². The molecule has 0 radical (unpaired) electrons. The predicted octanol–water partition coefficient (Wildman–Crippen LogP) is 2.80. The highest BCUT2D eigenvalue weighted by Crippen LogP contribution is 2.34. The topological polar surface area (TPSA) is 72.3 Å². The van der Waals surface area contributed by atoms with Gasteiger partial charge in [-0.15, -0.1) is 0 Å². The minimum absolute atomic E-state index is 0.0918. The van der Waals surface area contributed by atoms with Crippen LogP contribution in [-0.4, -0.2) is 53.6 Å². The summed E-state index contributed by atoms with van der Waals surface area (Å²) in [7, 11) is -1.99. The maximum absolute atomic E-state index is 13.7. The summed E-state index contributed by atoms with van der Waals surface area (Å²) in [5, 5.41) is 4.07. The van der Waals surface area contributed by atoms with Crippen molar-refractivity contribution in [3.63, 3.8) is 0 Å². The Labute approximate surface area is 158 Å². The lowest BCUT2D eigenvalue weighted by Crippen LogP contribution is -2.38. The van der Waals surface area contributed by atoms with E-state index in [0.29, 0.717) is 9.70 Å². The Bertz CT molecular complexity index is 971. The molecule has 0 saturated carbocycles. The fourth-order valence-electron chi connectivity index (χ4n) is 2.99. The molecule has 3 rings (SSSR count). The molecule has 1 saturated heterocycles. The summed E-state index contributed by atoms with van der Waals surface area (Å²) >= 11 is 5.76. The molecule has 1 aliphatic rings. The van der Waals surface area contributed by atoms with Gasteiger partial charge in [0.15, 0.2) is 15.5 Å². The van der Waals surface area contributed by atoms with Crippen molar-refractivity contribution in [2.24, 2.45) is 0 Å². The van der Waals surface area contributed by atoms with Gasteiger partial charge < -0.3 is 4.90 Å². The van der Waals surface area contributed by atoms with Crippen molar-refractivity contribution in [2.75, 3.05) is 18.6 Å². The molecule has 0 aliphatic carbocycles. The number of carbonyl (C=O) groups is 1. The Morgan fingerprint density at radius 2 is 1.93 bits per heavy atom. The number of hydrogen-bond donors (Lipinski definition) is 0. The summed E-state index contributed by atoms with van der Waals surface area (Å²) in [6, 6.07) is 4.87. The number of carbonyl (C=O) groups excluding carboxylic acids is 1. The van der Waals surface area contributed by atoms with E-state index in [1.165, 1.54) is 31.3 Å². The molecule has 1 fully saturated rings. The van der Waals surface area contributed by atoms with E-state index in [4.69, 9.17) is 11.6 Å². The van der Waals surface area contributed by atoms with Crippen LogP contribution in [0.4, 0.5) is 13.2 Å². The van der Waals surface area contributed by atoms with Crippen molar-refractivity contribution in [3.05, 3.63) is 46.7 Å². The average molecular weight is 422 g/mol. The van der Waals surface area contributed by atoms with E-state index in [0.717, 1.165) is 11.1 Å². The van der Waals surface area contributed by atoms with Gasteiger partial charge >= 0.3 is 6.18 Å². The molecule has 27 heavy (non-hydrogen) atoms. The molecule has 11 heteroatoms. The van der Waals surface area contributed by atoms with Gasteiger partial charge in [0, 0.05) is 18.1 Å². The molecule has 1 aromatic carbocycles. The van der Waals surface area contributed by atoms with E-state index in [9.17, 15) is 26.4 Å². The fraction of sp³-hybridized carbons (Fsp3) is 0.375. The number of hydrogen-bond acceptors (Lipinski definition) is 4. The Morgan fingerprint density at radius 3 is 2.44 bits per heavy atom. The number of aromatic nitrogens is 2. The van der Waals surface area contributed by atoms with E-state index in [2.05, 4.69) is 5.10 Å². The molecule has 1 aromatic heterocycles. The van der Waals surface area contributed by atoms with Crippen LogP contribution in [0.15, 0.2) is 30.5 Å². The van der Waals surface area contributed by atoms with Gasteiger partial charge in [-0.25, -0.2) is 13.1 Å². The van der Waals surface area contributed by atoms with Crippen LogP contribution in [0.1, 0.15) is 22.5 Å². The van der Waals surface area contributed by atoms with Gasteiger partial charge in [-0.05, 0) is 30.7 Å². The van der Waals surface area contributed by atoms with Crippen LogP contribution in [0, 0.1) is 0 Å². The van der Waals surface area contributed by atoms with E-state index in [-0.39, 0.29) is 23.6 Å². The zero-order valence-electron chi connectivity index (χ0n) is 14.1. The average Bonchev–Trinajstić information content (AvgIpc) is 3.17.